The van der Waals surface area contributed by atoms with Crippen molar-refractivity contribution in [1.82, 2.24) is 5.32 Å². The Balaban J connectivity index is 2.10. The molecule has 0 saturated carbocycles. The van der Waals surface area contributed by atoms with Crippen molar-refractivity contribution in [2.75, 3.05) is 26.8 Å². The number of ether oxygens (including phenoxy) is 1. The van der Waals surface area contributed by atoms with E-state index in [1.807, 2.05) is 12.1 Å². The number of nitrogens with one attached hydrogen (secondary N) is 1. The smallest absolute Gasteiger partial charge is 0.127 e. The Bertz CT molecular complexity index is 409. The minimum absolute atomic E-state index is 0.102. The molecule has 1 aromatic rings. The number of allylic oxidation sites excluding steroid dienone is 2. The van der Waals surface area contributed by atoms with Crippen LogP contribution < -0.4 is 5.32 Å². The Morgan fingerprint density at radius 3 is 2.67 bits per heavy atom. The van der Waals surface area contributed by atoms with E-state index in [4.69, 9.17) is 4.74 Å². The molecule has 0 unspecified atom stereocenters. The fraction of sp³-hybridized carbons (Fsp3) is 0.467. The molecule has 0 saturated heterocycles. The molecule has 0 heterocycles. The lowest BCUT2D eigenvalue weighted by Crippen LogP contribution is -2.38. The van der Waals surface area contributed by atoms with Crippen molar-refractivity contribution in [3.05, 3.63) is 47.8 Å². The van der Waals surface area contributed by atoms with Gasteiger partial charge in [0.25, 0.3) is 0 Å². The van der Waals surface area contributed by atoms with Crippen molar-refractivity contribution < 1.29 is 9.13 Å². The first kappa shape index (κ1) is 13.2. The average molecular weight is 249 g/mol. The Morgan fingerprint density at radius 1 is 1.28 bits per heavy atom. The van der Waals surface area contributed by atoms with E-state index in [0.717, 1.165) is 31.5 Å². The number of hydrogen-bond acceptors (Lipinski definition) is 2. The van der Waals surface area contributed by atoms with Gasteiger partial charge in [-0.3, -0.25) is 0 Å². The first-order valence-corrected chi connectivity index (χ1v) is 6.38. The topological polar surface area (TPSA) is 21.3 Å². The molecular weight excluding hydrogens is 229 g/mol. The summed E-state index contributed by atoms with van der Waals surface area (Å²) in [6.07, 6.45) is 6.08. The van der Waals surface area contributed by atoms with E-state index in [2.05, 4.69) is 17.5 Å². The van der Waals surface area contributed by atoms with Gasteiger partial charge in [0.05, 0.1) is 6.61 Å². The van der Waals surface area contributed by atoms with E-state index < -0.39 is 0 Å². The minimum atomic E-state index is -0.126. The summed E-state index contributed by atoms with van der Waals surface area (Å²) >= 11 is 0. The quantitative estimate of drug-likeness (QED) is 0.618. The summed E-state index contributed by atoms with van der Waals surface area (Å²) in [7, 11) is 1.69. The fourth-order valence-corrected chi connectivity index (χ4v) is 2.55. The maximum absolute atomic E-state index is 14.0. The third-order valence-corrected chi connectivity index (χ3v) is 3.58. The van der Waals surface area contributed by atoms with Crippen LogP contribution in [0.2, 0.25) is 0 Å². The summed E-state index contributed by atoms with van der Waals surface area (Å²) < 4.78 is 19.0. The van der Waals surface area contributed by atoms with Gasteiger partial charge in [-0.15, -0.1) is 0 Å². The van der Waals surface area contributed by atoms with Gasteiger partial charge in [0.1, 0.15) is 5.82 Å². The molecule has 0 spiro atoms. The van der Waals surface area contributed by atoms with Crippen LogP contribution in [-0.4, -0.2) is 26.8 Å². The first-order chi connectivity index (χ1) is 8.78. The maximum Gasteiger partial charge on any atom is 0.127 e. The number of hydrogen-bond donors (Lipinski definition) is 1. The summed E-state index contributed by atoms with van der Waals surface area (Å²) in [5.74, 6) is -0.102. The molecule has 1 aliphatic rings. The van der Waals surface area contributed by atoms with Crippen LogP contribution in [0.3, 0.4) is 0 Å². The molecule has 0 amide bonds. The average Bonchev–Trinajstić information content (AvgIpc) is 2.85. The molecule has 0 atom stereocenters. The lowest BCUT2D eigenvalue weighted by Gasteiger charge is -2.30. The predicted octanol–water partition coefficient (Wildman–Crippen LogP) is 2.65. The van der Waals surface area contributed by atoms with Gasteiger partial charge in [-0.2, -0.15) is 0 Å². The highest BCUT2D eigenvalue weighted by Gasteiger charge is 2.34. The fourth-order valence-electron chi connectivity index (χ4n) is 2.55. The van der Waals surface area contributed by atoms with Crippen LogP contribution in [-0.2, 0) is 10.2 Å². The van der Waals surface area contributed by atoms with Crippen molar-refractivity contribution >= 4 is 0 Å². The summed E-state index contributed by atoms with van der Waals surface area (Å²) in [4.78, 5) is 0. The first-order valence-electron chi connectivity index (χ1n) is 6.38. The molecule has 0 aromatic heterocycles. The molecular formula is C15H20FNO. The van der Waals surface area contributed by atoms with Crippen molar-refractivity contribution in [3.8, 4) is 0 Å². The van der Waals surface area contributed by atoms with Crippen LogP contribution in [0.5, 0.6) is 0 Å². The standard InChI is InChI=1S/C15H20FNO/c1-18-11-10-17-12-15(8-4-5-9-15)13-6-2-3-7-14(13)16/h2-7,17H,8-12H2,1H3. The number of methoxy groups -OCH3 is 1. The molecule has 2 nitrogen and oxygen atoms in total. The van der Waals surface area contributed by atoms with Gasteiger partial charge < -0.3 is 10.1 Å². The minimum Gasteiger partial charge on any atom is -0.383 e. The molecule has 3 heteroatoms. The predicted molar refractivity (Wildman–Crippen MR) is 71.2 cm³/mol. The van der Waals surface area contributed by atoms with E-state index in [9.17, 15) is 4.39 Å². The van der Waals surface area contributed by atoms with Crippen molar-refractivity contribution in [3.63, 3.8) is 0 Å². The highest BCUT2D eigenvalue weighted by atomic mass is 19.1. The Morgan fingerprint density at radius 2 is 2.00 bits per heavy atom. The van der Waals surface area contributed by atoms with Gasteiger partial charge in [-0.05, 0) is 24.5 Å². The zero-order chi connectivity index (χ0) is 12.8. The second-order valence-corrected chi connectivity index (χ2v) is 4.81. The molecule has 0 aliphatic heterocycles. The lowest BCUT2D eigenvalue weighted by atomic mass is 9.78. The van der Waals surface area contributed by atoms with Gasteiger partial charge in [0.2, 0.25) is 0 Å². The van der Waals surface area contributed by atoms with E-state index in [1.54, 1.807) is 19.2 Å². The van der Waals surface area contributed by atoms with E-state index in [1.165, 1.54) is 0 Å². The van der Waals surface area contributed by atoms with Gasteiger partial charge in [-0.25, -0.2) is 4.39 Å². The Hall–Kier alpha value is -1.19. The van der Waals surface area contributed by atoms with Crippen LogP contribution in [0.1, 0.15) is 18.4 Å². The normalized spacial score (nSPS) is 17.2. The molecule has 18 heavy (non-hydrogen) atoms. The molecule has 0 radical (unpaired) electrons. The number of halogens is 1. The SMILES string of the molecule is COCCNCC1(c2ccccc2F)CC=CC1. The Kier molecular flexibility index (Phi) is 4.50. The highest BCUT2D eigenvalue weighted by Crippen LogP contribution is 2.37. The molecule has 0 bridgehead atoms. The molecule has 1 N–H and O–H groups in total. The summed E-state index contributed by atoms with van der Waals surface area (Å²) in [5.41, 5.74) is 0.693. The van der Waals surface area contributed by atoms with Crippen molar-refractivity contribution in [2.24, 2.45) is 0 Å². The van der Waals surface area contributed by atoms with Gasteiger partial charge >= 0.3 is 0 Å². The highest BCUT2D eigenvalue weighted by molar-refractivity contribution is 5.32. The summed E-state index contributed by atoms with van der Waals surface area (Å²) in [6.45, 7) is 2.26. The van der Waals surface area contributed by atoms with Crippen LogP contribution in [0, 0.1) is 5.82 Å². The monoisotopic (exact) mass is 249 g/mol. The largest absolute Gasteiger partial charge is 0.383 e. The van der Waals surface area contributed by atoms with Crippen molar-refractivity contribution in [2.45, 2.75) is 18.3 Å². The zero-order valence-corrected chi connectivity index (χ0v) is 10.8. The summed E-state index contributed by atoms with van der Waals surface area (Å²) in [6, 6.07) is 7.10. The number of benzene rings is 1. The van der Waals surface area contributed by atoms with Crippen molar-refractivity contribution in [1.29, 1.82) is 0 Å². The molecule has 0 fully saturated rings. The second-order valence-electron chi connectivity index (χ2n) is 4.81. The third-order valence-electron chi connectivity index (χ3n) is 3.58. The molecule has 1 aliphatic carbocycles. The van der Waals surface area contributed by atoms with E-state index in [-0.39, 0.29) is 11.2 Å². The molecule has 98 valence electrons. The molecule has 2 rings (SSSR count). The maximum atomic E-state index is 14.0. The third kappa shape index (κ3) is 2.79. The van der Waals surface area contributed by atoms with Crippen LogP contribution in [0.4, 0.5) is 4.39 Å². The van der Waals surface area contributed by atoms with E-state index >= 15 is 0 Å². The van der Waals surface area contributed by atoms with Crippen LogP contribution >= 0.6 is 0 Å². The molecule has 1 aromatic carbocycles. The number of rotatable bonds is 6. The van der Waals surface area contributed by atoms with Gasteiger partial charge in [-0.1, -0.05) is 30.4 Å². The lowest BCUT2D eigenvalue weighted by molar-refractivity contribution is 0.196. The van der Waals surface area contributed by atoms with Crippen LogP contribution in [0.25, 0.3) is 0 Å². The zero-order valence-electron chi connectivity index (χ0n) is 10.8. The van der Waals surface area contributed by atoms with Gasteiger partial charge in [0, 0.05) is 25.6 Å². The van der Waals surface area contributed by atoms with Gasteiger partial charge in [0.15, 0.2) is 0 Å². The summed E-state index contributed by atoms with van der Waals surface area (Å²) in [5, 5.41) is 3.36. The van der Waals surface area contributed by atoms with Crippen LogP contribution in [0.15, 0.2) is 36.4 Å². The van der Waals surface area contributed by atoms with E-state index in [0.29, 0.717) is 6.61 Å². The second kappa shape index (κ2) is 6.12. The Labute approximate surface area is 108 Å².